The molecule has 2 heterocycles. The molecule has 9 heteroatoms. The van der Waals surface area contributed by atoms with Crippen molar-refractivity contribution in [3.63, 3.8) is 0 Å². The lowest BCUT2D eigenvalue weighted by Crippen LogP contribution is -2.32. The lowest BCUT2D eigenvalue weighted by molar-refractivity contribution is -0.137. The minimum absolute atomic E-state index is 0.127. The third-order valence-electron chi connectivity index (χ3n) is 3.90. The summed E-state index contributed by atoms with van der Waals surface area (Å²) in [5.41, 5.74) is 0.242. The van der Waals surface area contributed by atoms with E-state index in [4.69, 9.17) is 0 Å². The molecule has 3 rings (SSSR count). The van der Waals surface area contributed by atoms with Crippen LogP contribution in [0.5, 0.6) is 0 Å². The molecule has 1 atom stereocenters. The van der Waals surface area contributed by atoms with Crippen LogP contribution in [0.3, 0.4) is 0 Å². The number of hydrogen-bond acceptors (Lipinski definition) is 4. The van der Waals surface area contributed by atoms with Gasteiger partial charge in [-0.3, -0.25) is 9.20 Å². The van der Waals surface area contributed by atoms with Crippen LogP contribution in [0.2, 0.25) is 0 Å². The highest BCUT2D eigenvalue weighted by molar-refractivity contribution is 7.15. The molecule has 26 heavy (non-hydrogen) atoms. The molecule has 1 aromatic carbocycles. The summed E-state index contributed by atoms with van der Waals surface area (Å²) in [7, 11) is 0. The van der Waals surface area contributed by atoms with Gasteiger partial charge in [-0.2, -0.15) is 13.2 Å². The van der Waals surface area contributed by atoms with Crippen molar-refractivity contribution in [1.29, 1.82) is 0 Å². The Kier molecular flexibility index (Phi) is 5.01. The molecule has 0 spiro atoms. The number of fused-ring (bicyclic) bond motifs is 1. The molecule has 3 aromatic rings. The van der Waals surface area contributed by atoms with Gasteiger partial charge in [0.1, 0.15) is 5.69 Å². The molecule has 2 aromatic heterocycles. The van der Waals surface area contributed by atoms with Crippen molar-refractivity contribution in [1.82, 2.24) is 14.7 Å². The number of aliphatic hydroxyl groups excluding tert-OH is 1. The van der Waals surface area contributed by atoms with Crippen molar-refractivity contribution in [2.45, 2.75) is 25.6 Å². The first-order chi connectivity index (χ1) is 12.3. The lowest BCUT2D eigenvalue weighted by Gasteiger charge is -2.08. The number of hydrogen-bond donors (Lipinski definition) is 2. The summed E-state index contributed by atoms with van der Waals surface area (Å²) in [5, 5.41) is 13.8. The third kappa shape index (κ3) is 3.73. The zero-order chi connectivity index (χ0) is 18.9. The van der Waals surface area contributed by atoms with Gasteiger partial charge in [-0.15, -0.1) is 11.3 Å². The summed E-state index contributed by atoms with van der Waals surface area (Å²) in [6, 6.07) is 4.90. The van der Waals surface area contributed by atoms with Crippen molar-refractivity contribution in [2.75, 3.05) is 6.54 Å². The second-order valence-electron chi connectivity index (χ2n) is 5.75. The predicted molar refractivity (Wildman–Crippen MR) is 92.1 cm³/mol. The number of nitrogens with one attached hydrogen (secondary N) is 1. The van der Waals surface area contributed by atoms with Crippen LogP contribution in [-0.2, 0) is 6.18 Å². The first-order valence-corrected chi connectivity index (χ1v) is 8.78. The van der Waals surface area contributed by atoms with Crippen molar-refractivity contribution in [3.05, 3.63) is 47.1 Å². The standard InChI is InChI=1S/C17H16F3N3O2S/c1-2-12(24)7-21-15(25)14-9-26-16-22-13(8-23(14)16)10-4-3-5-11(6-10)17(18,19)20/h3-6,8-9,12,24H,2,7H2,1H3,(H,21,25). The zero-order valence-electron chi connectivity index (χ0n) is 13.7. The summed E-state index contributed by atoms with van der Waals surface area (Å²) in [6.45, 7) is 1.93. The van der Waals surface area contributed by atoms with E-state index >= 15 is 0 Å². The predicted octanol–water partition coefficient (Wildman–Crippen LogP) is 3.58. The summed E-state index contributed by atoms with van der Waals surface area (Å²) >= 11 is 1.21. The van der Waals surface area contributed by atoms with E-state index in [1.165, 1.54) is 28.0 Å². The topological polar surface area (TPSA) is 66.6 Å². The van der Waals surface area contributed by atoms with E-state index in [0.29, 0.717) is 28.3 Å². The van der Waals surface area contributed by atoms with Gasteiger partial charge >= 0.3 is 6.18 Å². The third-order valence-corrected chi connectivity index (χ3v) is 4.74. The molecule has 1 unspecified atom stereocenters. The number of imidazole rings is 1. The Morgan fingerprint density at radius 2 is 2.19 bits per heavy atom. The molecule has 138 valence electrons. The number of thiazole rings is 1. The number of amides is 1. The quantitative estimate of drug-likeness (QED) is 0.708. The highest BCUT2D eigenvalue weighted by Gasteiger charge is 2.30. The maximum Gasteiger partial charge on any atom is 0.416 e. The number of benzene rings is 1. The Labute approximate surface area is 151 Å². The second-order valence-corrected chi connectivity index (χ2v) is 6.59. The Morgan fingerprint density at radius 1 is 1.42 bits per heavy atom. The summed E-state index contributed by atoms with van der Waals surface area (Å²) in [5.74, 6) is -0.378. The molecular weight excluding hydrogens is 367 g/mol. The second kappa shape index (κ2) is 7.08. The number of halogens is 3. The number of alkyl halides is 3. The fourth-order valence-corrected chi connectivity index (χ4v) is 3.24. The van der Waals surface area contributed by atoms with E-state index in [1.807, 2.05) is 0 Å². The normalized spacial score (nSPS) is 13.1. The largest absolute Gasteiger partial charge is 0.416 e. The van der Waals surface area contributed by atoms with Gasteiger partial charge in [0.2, 0.25) is 0 Å². The number of aromatic nitrogens is 2. The first-order valence-electron chi connectivity index (χ1n) is 7.90. The molecule has 0 radical (unpaired) electrons. The fraction of sp³-hybridized carbons (Fsp3) is 0.294. The summed E-state index contributed by atoms with van der Waals surface area (Å²) in [6.07, 6.45) is -3.01. The van der Waals surface area contributed by atoms with Gasteiger partial charge in [0.15, 0.2) is 4.96 Å². The van der Waals surface area contributed by atoms with E-state index in [2.05, 4.69) is 10.3 Å². The van der Waals surface area contributed by atoms with Gasteiger partial charge in [-0.25, -0.2) is 4.98 Å². The molecule has 0 bridgehead atoms. The molecule has 5 nitrogen and oxygen atoms in total. The van der Waals surface area contributed by atoms with Crippen molar-refractivity contribution < 1.29 is 23.1 Å². The monoisotopic (exact) mass is 383 g/mol. The Balaban J connectivity index is 1.89. The van der Waals surface area contributed by atoms with E-state index in [-0.39, 0.29) is 12.5 Å². The van der Waals surface area contributed by atoms with Crippen LogP contribution in [-0.4, -0.2) is 33.0 Å². The number of nitrogens with zero attached hydrogens (tertiary/aromatic N) is 2. The molecular formula is C17H16F3N3O2S. The molecule has 0 saturated carbocycles. The Morgan fingerprint density at radius 3 is 2.88 bits per heavy atom. The van der Waals surface area contributed by atoms with E-state index in [9.17, 15) is 23.1 Å². The van der Waals surface area contributed by atoms with Crippen LogP contribution >= 0.6 is 11.3 Å². The Bertz CT molecular complexity index is 933. The van der Waals surface area contributed by atoms with E-state index < -0.39 is 17.8 Å². The average molecular weight is 383 g/mol. The Hall–Kier alpha value is -2.39. The highest BCUT2D eigenvalue weighted by atomic mass is 32.1. The van der Waals surface area contributed by atoms with Crippen molar-refractivity contribution in [3.8, 4) is 11.3 Å². The highest BCUT2D eigenvalue weighted by Crippen LogP contribution is 2.32. The van der Waals surface area contributed by atoms with Gasteiger partial charge in [-0.1, -0.05) is 19.1 Å². The van der Waals surface area contributed by atoms with Gasteiger partial charge in [0.25, 0.3) is 5.91 Å². The lowest BCUT2D eigenvalue weighted by atomic mass is 10.1. The van der Waals surface area contributed by atoms with Crippen molar-refractivity contribution >= 4 is 22.2 Å². The average Bonchev–Trinajstić information content (AvgIpc) is 3.19. The molecule has 0 fully saturated rings. The van der Waals surface area contributed by atoms with Crippen LogP contribution in [0, 0.1) is 0 Å². The molecule has 0 saturated heterocycles. The minimum Gasteiger partial charge on any atom is -0.391 e. The van der Waals surface area contributed by atoms with Crippen LogP contribution < -0.4 is 5.32 Å². The number of aliphatic hydroxyl groups is 1. The molecule has 0 aliphatic rings. The fourth-order valence-electron chi connectivity index (χ4n) is 2.39. The van der Waals surface area contributed by atoms with E-state index in [0.717, 1.165) is 12.1 Å². The summed E-state index contributed by atoms with van der Waals surface area (Å²) in [4.78, 5) is 17.1. The smallest absolute Gasteiger partial charge is 0.391 e. The van der Waals surface area contributed by atoms with Gasteiger partial charge in [-0.05, 0) is 18.6 Å². The molecule has 2 N–H and O–H groups in total. The van der Waals surface area contributed by atoms with Gasteiger partial charge < -0.3 is 10.4 Å². The maximum absolute atomic E-state index is 12.9. The minimum atomic E-state index is -4.43. The number of carbonyl (C=O) groups excluding carboxylic acids is 1. The van der Waals surface area contributed by atoms with Crippen LogP contribution in [0.1, 0.15) is 29.4 Å². The maximum atomic E-state index is 12.9. The van der Waals surface area contributed by atoms with Crippen LogP contribution in [0.4, 0.5) is 13.2 Å². The molecule has 1 amide bonds. The molecule has 0 aliphatic heterocycles. The van der Waals surface area contributed by atoms with Crippen LogP contribution in [0.15, 0.2) is 35.8 Å². The van der Waals surface area contributed by atoms with Gasteiger partial charge in [0, 0.05) is 23.7 Å². The SMILES string of the molecule is CCC(O)CNC(=O)c1csc2nc(-c3cccc(C(F)(F)F)c3)cn12. The summed E-state index contributed by atoms with van der Waals surface area (Å²) < 4.78 is 40.2. The van der Waals surface area contributed by atoms with E-state index in [1.54, 1.807) is 18.4 Å². The zero-order valence-corrected chi connectivity index (χ0v) is 14.6. The number of carbonyl (C=O) groups is 1. The molecule has 0 aliphatic carbocycles. The first kappa shape index (κ1) is 18.4. The van der Waals surface area contributed by atoms with Crippen molar-refractivity contribution in [2.24, 2.45) is 0 Å². The van der Waals surface area contributed by atoms with Gasteiger partial charge in [0.05, 0.1) is 17.4 Å². The number of rotatable bonds is 5. The van der Waals surface area contributed by atoms with Crippen LogP contribution in [0.25, 0.3) is 16.2 Å².